The zero-order valence-electron chi connectivity index (χ0n) is 18.1. The predicted molar refractivity (Wildman–Crippen MR) is 109 cm³/mol. The molecular formula is C23H26F6N2O2. The van der Waals surface area contributed by atoms with Crippen LogP contribution in [0.2, 0.25) is 0 Å². The van der Waals surface area contributed by atoms with Crippen LogP contribution >= 0.6 is 0 Å². The van der Waals surface area contributed by atoms with E-state index >= 15 is 0 Å². The Labute approximate surface area is 187 Å². The lowest BCUT2D eigenvalue weighted by Gasteiger charge is -2.34. The number of benzene rings is 1. The third kappa shape index (κ3) is 4.82. The van der Waals surface area contributed by atoms with E-state index in [2.05, 4.69) is 5.32 Å². The molecule has 182 valence electrons. The van der Waals surface area contributed by atoms with Gasteiger partial charge in [-0.2, -0.15) is 26.3 Å². The molecule has 1 aromatic rings. The summed E-state index contributed by atoms with van der Waals surface area (Å²) in [6.07, 6.45) is -4.43. The number of ketones is 1. The van der Waals surface area contributed by atoms with E-state index in [1.54, 1.807) is 0 Å². The Kier molecular flexibility index (Phi) is 6.14. The molecule has 4 rings (SSSR count). The minimum Gasteiger partial charge on any atom is -0.374 e. The molecule has 2 fully saturated rings. The van der Waals surface area contributed by atoms with Gasteiger partial charge in [0.2, 0.25) is 5.60 Å². The van der Waals surface area contributed by atoms with Crippen molar-refractivity contribution in [1.29, 1.82) is 0 Å². The maximum atomic E-state index is 13.1. The summed E-state index contributed by atoms with van der Waals surface area (Å²) in [6.45, 7) is 0.459. The lowest BCUT2D eigenvalue weighted by molar-refractivity contribution is -0.244. The maximum Gasteiger partial charge on any atom is 0.424 e. The number of aliphatic hydroxyl groups is 1. The largest absolute Gasteiger partial charge is 0.424 e. The lowest BCUT2D eigenvalue weighted by Crippen LogP contribution is -2.52. The zero-order valence-corrected chi connectivity index (χ0v) is 18.1. The van der Waals surface area contributed by atoms with Crippen LogP contribution in [0.25, 0.3) is 0 Å². The molecule has 1 aromatic carbocycles. The molecule has 3 aliphatic rings. The smallest absolute Gasteiger partial charge is 0.374 e. The van der Waals surface area contributed by atoms with Crippen LogP contribution in [0.15, 0.2) is 23.2 Å². The van der Waals surface area contributed by atoms with Crippen molar-refractivity contribution in [3.63, 3.8) is 0 Å². The summed E-state index contributed by atoms with van der Waals surface area (Å²) >= 11 is 0. The molecule has 0 spiro atoms. The van der Waals surface area contributed by atoms with Gasteiger partial charge in [0.1, 0.15) is 0 Å². The van der Waals surface area contributed by atoms with Gasteiger partial charge < -0.3 is 10.4 Å². The first-order chi connectivity index (χ1) is 15.3. The fourth-order valence-electron chi connectivity index (χ4n) is 4.81. The SMILES string of the molecule is C[C@@](O)(C(=O)C1NC1CCC1=Nc2ccc(C(F)(F)F)cc2CCC1C1CCC1)C(F)(F)F. The van der Waals surface area contributed by atoms with Gasteiger partial charge in [0.25, 0.3) is 0 Å². The van der Waals surface area contributed by atoms with Crippen LogP contribution in [0.5, 0.6) is 0 Å². The van der Waals surface area contributed by atoms with E-state index in [0.29, 0.717) is 49.8 Å². The zero-order chi connectivity index (χ0) is 24.2. The van der Waals surface area contributed by atoms with Gasteiger partial charge in [-0.25, -0.2) is 0 Å². The van der Waals surface area contributed by atoms with Crippen LogP contribution in [0.1, 0.15) is 56.6 Å². The molecule has 3 unspecified atom stereocenters. The number of aryl methyl sites for hydroxylation is 1. The topological polar surface area (TPSA) is 71.6 Å². The van der Waals surface area contributed by atoms with Crippen LogP contribution in [0.4, 0.5) is 32.0 Å². The number of nitrogens with one attached hydrogen (secondary N) is 1. The molecule has 1 saturated heterocycles. The summed E-state index contributed by atoms with van der Waals surface area (Å²) in [4.78, 5) is 16.9. The molecule has 1 aliphatic carbocycles. The number of halogens is 6. The van der Waals surface area contributed by atoms with Gasteiger partial charge in [-0.15, -0.1) is 0 Å². The minimum atomic E-state index is -5.06. The second-order valence-corrected chi connectivity index (χ2v) is 9.50. The molecule has 2 N–H and O–H groups in total. The molecule has 0 aromatic heterocycles. The van der Waals surface area contributed by atoms with E-state index in [1.165, 1.54) is 6.07 Å². The maximum absolute atomic E-state index is 13.1. The van der Waals surface area contributed by atoms with Crippen LogP contribution in [-0.2, 0) is 17.4 Å². The second kappa shape index (κ2) is 8.37. The Morgan fingerprint density at radius 3 is 2.42 bits per heavy atom. The molecule has 4 atom stereocenters. The average molecular weight is 476 g/mol. The van der Waals surface area contributed by atoms with Gasteiger partial charge in [0, 0.05) is 17.7 Å². The fourth-order valence-corrected chi connectivity index (χ4v) is 4.81. The monoisotopic (exact) mass is 476 g/mol. The van der Waals surface area contributed by atoms with Crippen molar-refractivity contribution < 1.29 is 36.2 Å². The number of Topliss-reactive ketones (excluding diaryl/α,β-unsaturated/α-hetero) is 1. The molecule has 33 heavy (non-hydrogen) atoms. The third-order valence-electron chi connectivity index (χ3n) is 7.26. The van der Waals surface area contributed by atoms with Gasteiger partial charge in [-0.1, -0.05) is 6.42 Å². The summed E-state index contributed by atoms with van der Waals surface area (Å²) in [5.41, 5.74) is -2.25. The molecule has 0 bridgehead atoms. The van der Waals surface area contributed by atoms with Crippen molar-refractivity contribution in [2.75, 3.05) is 0 Å². The fraction of sp³-hybridized carbons (Fsp3) is 0.652. The average Bonchev–Trinajstić information content (AvgIpc) is 3.46. The molecule has 1 saturated carbocycles. The van der Waals surface area contributed by atoms with Gasteiger partial charge in [0.15, 0.2) is 5.78 Å². The Hall–Kier alpha value is -1.94. The number of rotatable bonds is 6. The first-order valence-electron chi connectivity index (χ1n) is 11.2. The summed E-state index contributed by atoms with van der Waals surface area (Å²) in [7, 11) is 0. The Balaban J connectivity index is 1.49. The number of nitrogens with zero attached hydrogens (tertiary/aromatic N) is 1. The minimum absolute atomic E-state index is 0.103. The first-order valence-corrected chi connectivity index (χ1v) is 11.2. The summed E-state index contributed by atoms with van der Waals surface area (Å²) < 4.78 is 78.2. The summed E-state index contributed by atoms with van der Waals surface area (Å²) in [5, 5.41) is 12.4. The van der Waals surface area contributed by atoms with E-state index in [0.717, 1.165) is 37.1 Å². The number of hydrogen-bond donors (Lipinski definition) is 2. The lowest BCUT2D eigenvalue weighted by atomic mass is 9.71. The van der Waals surface area contributed by atoms with Gasteiger partial charge >= 0.3 is 12.4 Å². The Morgan fingerprint density at radius 1 is 1.15 bits per heavy atom. The Morgan fingerprint density at radius 2 is 1.85 bits per heavy atom. The highest BCUT2D eigenvalue weighted by Gasteiger charge is 2.61. The molecule has 0 radical (unpaired) electrons. The van der Waals surface area contributed by atoms with Gasteiger partial charge in [0.05, 0.1) is 17.3 Å². The normalized spacial score (nSPS) is 27.6. The van der Waals surface area contributed by atoms with Crippen molar-refractivity contribution in [3.05, 3.63) is 29.3 Å². The quantitative estimate of drug-likeness (QED) is 0.441. The van der Waals surface area contributed by atoms with Gasteiger partial charge in [-0.3, -0.25) is 9.79 Å². The van der Waals surface area contributed by atoms with Crippen molar-refractivity contribution in [3.8, 4) is 0 Å². The molecule has 4 nitrogen and oxygen atoms in total. The van der Waals surface area contributed by atoms with E-state index in [9.17, 15) is 36.2 Å². The van der Waals surface area contributed by atoms with Crippen LogP contribution in [0.3, 0.4) is 0 Å². The highest BCUT2D eigenvalue weighted by molar-refractivity contribution is 5.95. The van der Waals surface area contributed by atoms with E-state index in [-0.39, 0.29) is 5.92 Å². The highest BCUT2D eigenvalue weighted by Crippen LogP contribution is 2.42. The van der Waals surface area contributed by atoms with E-state index in [4.69, 9.17) is 4.99 Å². The second-order valence-electron chi connectivity index (χ2n) is 9.50. The summed E-state index contributed by atoms with van der Waals surface area (Å²) in [6, 6.07) is 1.97. The van der Waals surface area contributed by atoms with E-state index < -0.39 is 41.4 Å². The molecule has 2 heterocycles. The molecule has 10 heteroatoms. The van der Waals surface area contributed by atoms with Crippen molar-refractivity contribution in [2.24, 2.45) is 16.8 Å². The van der Waals surface area contributed by atoms with Crippen LogP contribution < -0.4 is 5.32 Å². The number of aliphatic imine (C=N–C) groups is 1. The van der Waals surface area contributed by atoms with E-state index in [1.807, 2.05) is 0 Å². The number of carbonyl (C=O) groups is 1. The number of fused-ring (bicyclic) bond motifs is 1. The van der Waals surface area contributed by atoms with Gasteiger partial charge in [-0.05, 0) is 75.1 Å². The highest BCUT2D eigenvalue weighted by atomic mass is 19.4. The Bertz CT molecular complexity index is 949. The number of carbonyl (C=O) groups excluding carboxylic acids is 1. The standard InChI is InChI=1S/C23H26F6N2O2/c1-21(33,23(27,28)29)20(32)19-18(31-19)10-9-17-15(12-3-2-4-12)7-5-13-11-14(22(24,25)26)6-8-16(13)30-17/h6,8,11-12,15,18-19,31,33H,2-5,7,9-10H2,1H3/t15?,18?,19?,21-/m1/s1. The third-order valence-corrected chi connectivity index (χ3v) is 7.26. The van der Waals surface area contributed by atoms with Crippen LogP contribution in [0, 0.1) is 11.8 Å². The molecular weight excluding hydrogens is 450 g/mol. The number of hydrogen-bond acceptors (Lipinski definition) is 4. The van der Waals surface area contributed by atoms with Crippen molar-refractivity contribution in [1.82, 2.24) is 5.32 Å². The predicted octanol–water partition coefficient (Wildman–Crippen LogP) is 5.14. The van der Waals surface area contributed by atoms with Crippen molar-refractivity contribution >= 4 is 17.2 Å². The molecule has 2 aliphatic heterocycles. The first kappa shape index (κ1) is 24.2. The van der Waals surface area contributed by atoms with Crippen molar-refractivity contribution in [2.45, 2.75) is 81.9 Å². The summed E-state index contributed by atoms with van der Waals surface area (Å²) in [5.74, 6) is -0.800. The van der Waals surface area contributed by atoms with Crippen LogP contribution in [-0.4, -0.2) is 40.5 Å². The number of alkyl halides is 6. The molecule has 0 amide bonds.